The molecule has 0 bridgehead atoms. The molecule has 0 heterocycles. The van der Waals surface area contributed by atoms with E-state index < -0.39 is 18.2 Å². The van der Waals surface area contributed by atoms with Gasteiger partial charge in [-0.2, -0.15) is 13.2 Å². The molecule has 1 aromatic rings. The van der Waals surface area contributed by atoms with Gasteiger partial charge in [-0.25, -0.2) is 4.79 Å². The Balaban J connectivity index is 0.000000758. The number of carboxylic acids is 1. The van der Waals surface area contributed by atoms with Crippen molar-refractivity contribution in [2.24, 2.45) is 5.73 Å². The van der Waals surface area contributed by atoms with Crippen LogP contribution in [0.3, 0.4) is 0 Å². The SMILES string of the molecule is NCCOCCOC[C@H](O)COCc1ccccc1.O=C(O)C(F)(F)F. The molecule has 7 nitrogen and oxygen atoms in total. The van der Waals surface area contributed by atoms with Crippen molar-refractivity contribution in [1.82, 2.24) is 0 Å². The topological polar surface area (TPSA) is 111 Å². The van der Waals surface area contributed by atoms with Gasteiger partial charge in [-0.3, -0.25) is 0 Å². The second kappa shape index (κ2) is 14.4. The summed E-state index contributed by atoms with van der Waals surface area (Å²) in [6, 6.07) is 9.84. The quantitative estimate of drug-likeness (QED) is 0.492. The molecule has 150 valence electrons. The Labute approximate surface area is 149 Å². The Kier molecular flexibility index (Phi) is 13.5. The first-order valence-electron chi connectivity index (χ1n) is 7.72. The summed E-state index contributed by atoms with van der Waals surface area (Å²) in [4.78, 5) is 8.90. The summed E-state index contributed by atoms with van der Waals surface area (Å²) in [5.41, 5.74) is 6.36. The summed E-state index contributed by atoms with van der Waals surface area (Å²) in [5, 5.41) is 16.7. The van der Waals surface area contributed by atoms with Gasteiger partial charge in [0.05, 0.1) is 39.6 Å². The van der Waals surface area contributed by atoms with E-state index in [4.69, 9.17) is 29.8 Å². The smallest absolute Gasteiger partial charge is 0.475 e. The lowest BCUT2D eigenvalue weighted by Crippen LogP contribution is -2.23. The van der Waals surface area contributed by atoms with Crippen molar-refractivity contribution in [2.45, 2.75) is 18.9 Å². The number of aliphatic hydroxyl groups excluding tert-OH is 1. The van der Waals surface area contributed by atoms with E-state index in [1.165, 1.54) is 0 Å². The van der Waals surface area contributed by atoms with Crippen LogP contribution >= 0.6 is 0 Å². The fourth-order valence-corrected chi connectivity index (χ4v) is 1.46. The molecule has 0 radical (unpaired) electrons. The molecule has 10 heteroatoms. The van der Waals surface area contributed by atoms with Crippen LogP contribution in [0, 0.1) is 0 Å². The van der Waals surface area contributed by atoms with E-state index in [9.17, 15) is 18.3 Å². The Hall–Kier alpha value is -1.72. The van der Waals surface area contributed by atoms with Crippen LogP contribution in [-0.2, 0) is 25.6 Å². The molecule has 1 atom stereocenters. The van der Waals surface area contributed by atoms with Gasteiger partial charge in [0.1, 0.15) is 6.10 Å². The van der Waals surface area contributed by atoms with Gasteiger partial charge in [-0.1, -0.05) is 30.3 Å². The summed E-state index contributed by atoms with van der Waals surface area (Å²) in [7, 11) is 0. The molecule has 0 saturated carbocycles. The van der Waals surface area contributed by atoms with Crippen LogP contribution in [0.4, 0.5) is 13.2 Å². The van der Waals surface area contributed by atoms with Crippen LogP contribution in [0.1, 0.15) is 5.56 Å². The van der Waals surface area contributed by atoms with Crippen molar-refractivity contribution in [1.29, 1.82) is 0 Å². The maximum absolute atomic E-state index is 10.6. The van der Waals surface area contributed by atoms with Crippen LogP contribution < -0.4 is 5.73 Å². The van der Waals surface area contributed by atoms with Crippen LogP contribution in [0.15, 0.2) is 30.3 Å². The number of aliphatic carboxylic acids is 1. The van der Waals surface area contributed by atoms with E-state index in [0.29, 0.717) is 33.0 Å². The minimum atomic E-state index is -5.08. The number of ether oxygens (including phenoxy) is 3. The van der Waals surface area contributed by atoms with E-state index in [1.807, 2.05) is 30.3 Å². The lowest BCUT2D eigenvalue weighted by molar-refractivity contribution is -0.192. The molecule has 0 aliphatic carbocycles. The first-order valence-corrected chi connectivity index (χ1v) is 7.72. The molecule has 0 aliphatic rings. The van der Waals surface area contributed by atoms with E-state index in [2.05, 4.69) is 0 Å². The highest BCUT2D eigenvalue weighted by Gasteiger charge is 2.38. The van der Waals surface area contributed by atoms with Crippen molar-refractivity contribution in [3.8, 4) is 0 Å². The van der Waals surface area contributed by atoms with Gasteiger partial charge in [0.15, 0.2) is 0 Å². The number of benzene rings is 1. The second-order valence-electron chi connectivity index (χ2n) is 4.93. The number of halogens is 3. The van der Waals surface area contributed by atoms with Crippen LogP contribution in [-0.4, -0.2) is 68.0 Å². The predicted octanol–water partition coefficient (Wildman–Crippen LogP) is 1.19. The Morgan fingerprint density at radius 2 is 1.58 bits per heavy atom. The maximum Gasteiger partial charge on any atom is 0.490 e. The fraction of sp³-hybridized carbons (Fsp3) is 0.562. The molecular weight excluding hydrogens is 359 g/mol. The van der Waals surface area contributed by atoms with Gasteiger partial charge in [0, 0.05) is 6.54 Å². The first-order chi connectivity index (χ1) is 12.3. The molecule has 0 spiro atoms. The highest BCUT2D eigenvalue weighted by Crippen LogP contribution is 2.13. The van der Waals surface area contributed by atoms with Gasteiger partial charge in [0.2, 0.25) is 0 Å². The number of carbonyl (C=O) groups is 1. The third-order valence-electron chi connectivity index (χ3n) is 2.61. The van der Waals surface area contributed by atoms with Crippen molar-refractivity contribution >= 4 is 5.97 Å². The Bertz CT molecular complexity index is 473. The lowest BCUT2D eigenvalue weighted by atomic mass is 10.2. The van der Waals surface area contributed by atoms with Gasteiger partial charge in [-0.05, 0) is 5.56 Å². The van der Waals surface area contributed by atoms with Crippen molar-refractivity contribution in [3.05, 3.63) is 35.9 Å². The molecule has 0 unspecified atom stereocenters. The third-order valence-corrected chi connectivity index (χ3v) is 2.61. The van der Waals surface area contributed by atoms with Crippen molar-refractivity contribution < 1.29 is 42.4 Å². The summed E-state index contributed by atoms with van der Waals surface area (Å²) >= 11 is 0. The van der Waals surface area contributed by atoms with Gasteiger partial charge >= 0.3 is 12.1 Å². The summed E-state index contributed by atoms with van der Waals surface area (Å²) in [6.07, 6.45) is -5.70. The molecule has 0 amide bonds. The van der Waals surface area contributed by atoms with Crippen molar-refractivity contribution in [3.63, 3.8) is 0 Å². The van der Waals surface area contributed by atoms with Gasteiger partial charge in [0.25, 0.3) is 0 Å². The average molecular weight is 383 g/mol. The maximum atomic E-state index is 10.6. The summed E-state index contributed by atoms with van der Waals surface area (Å²) in [5.74, 6) is -2.76. The average Bonchev–Trinajstić information content (AvgIpc) is 2.58. The second-order valence-corrected chi connectivity index (χ2v) is 4.93. The van der Waals surface area contributed by atoms with Gasteiger partial charge < -0.3 is 30.2 Å². The summed E-state index contributed by atoms with van der Waals surface area (Å²) in [6.45, 7) is 3.00. The van der Waals surface area contributed by atoms with Crippen LogP contribution in [0.5, 0.6) is 0 Å². The number of carboxylic acid groups (broad SMARTS) is 1. The molecule has 4 N–H and O–H groups in total. The predicted molar refractivity (Wildman–Crippen MR) is 86.5 cm³/mol. The number of hydrogen-bond acceptors (Lipinski definition) is 6. The highest BCUT2D eigenvalue weighted by molar-refractivity contribution is 5.73. The van der Waals surface area contributed by atoms with E-state index in [1.54, 1.807) is 0 Å². The largest absolute Gasteiger partial charge is 0.490 e. The van der Waals surface area contributed by atoms with Crippen LogP contribution in [0.2, 0.25) is 0 Å². The van der Waals surface area contributed by atoms with Crippen molar-refractivity contribution in [2.75, 3.05) is 39.6 Å². The van der Waals surface area contributed by atoms with Crippen LogP contribution in [0.25, 0.3) is 0 Å². The number of nitrogens with two attached hydrogens (primary N) is 1. The Morgan fingerprint density at radius 1 is 1.04 bits per heavy atom. The molecule has 0 aliphatic heterocycles. The standard InChI is InChI=1S/C14H23NO4.C2HF3O2/c15-6-7-17-8-9-18-11-14(16)12-19-10-13-4-2-1-3-5-13;3-2(4,5)1(6)7/h1-5,14,16H,6-12,15H2;(H,6,7)/t14-;/m0./s1. The number of alkyl halides is 3. The normalized spacial score (nSPS) is 12.2. The zero-order chi connectivity index (χ0) is 19.8. The molecule has 26 heavy (non-hydrogen) atoms. The molecule has 0 aromatic heterocycles. The molecular formula is C16H24F3NO6. The molecule has 0 saturated heterocycles. The Morgan fingerprint density at radius 3 is 2.12 bits per heavy atom. The number of rotatable bonds is 11. The monoisotopic (exact) mass is 383 g/mol. The number of hydrogen-bond donors (Lipinski definition) is 3. The molecule has 0 fully saturated rings. The summed E-state index contributed by atoms with van der Waals surface area (Å²) < 4.78 is 47.5. The lowest BCUT2D eigenvalue weighted by Gasteiger charge is -2.12. The van der Waals surface area contributed by atoms with E-state index in [0.717, 1.165) is 5.56 Å². The molecule has 1 aromatic carbocycles. The minimum Gasteiger partial charge on any atom is -0.475 e. The minimum absolute atomic E-state index is 0.251. The fourth-order valence-electron chi connectivity index (χ4n) is 1.46. The zero-order valence-electron chi connectivity index (χ0n) is 14.2. The van der Waals surface area contributed by atoms with Gasteiger partial charge in [-0.15, -0.1) is 0 Å². The first kappa shape index (κ1) is 24.3. The molecule has 1 rings (SSSR count). The third kappa shape index (κ3) is 14.6. The van der Waals surface area contributed by atoms with E-state index >= 15 is 0 Å². The number of aliphatic hydroxyl groups is 1. The highest BCUT2D eigenvalue weighted by atomic mass is 19.4. The zero-order valence-corrected chi connectivity index (χ0v) is 14.2. The van der Waals surface area contributed by atoms with E-state index in [-0.39, 0.29) is 13.2 Å².